The van der Waals surface area contributed by atoms with Crippen molar-refractivity contribution in [3.8, 4) is 0 Å². The number of benzene rings is 4. The summed E-state index contributed by atoms with van der Waals surface area (Å²) in [4.78, 5) is 11.9. The second kappa shape index (κ2) is 14.8. The van der Waals surface area contributed by atoms with Crippen LogP contribution in [-0.4, -0.2) is 57.4 Å². The molecule has 0 aliphatic carbocycles. The molecule has 0 bridgehead atoms. The quantitative estimate of drug-likeness (QED) is 0.170. The lowest BCUT2D eigenvalue weighted by atomic mass is 10.2. The fourth-order valence-corrected chi connectivity index (χ4v) is 8.22. The van der Waals surface area contributed by atoms with E-state index in [1.165, 1.54) is 45.0 Å². The number of sulfonamides is 3. The summed E-state index contributed by atoms with van der Waals surface area (Å²) in [7, 11) is -10.4. The number of carbonyl (C=O) groups is 1. The minimum atomic E-state index is -3.99. The summed E-state index contributed by atoms with van der Waals surface area (Å²) in [6.07, 6.45) is 2.05. The molecule has 4 aromatic rings. The highest BCUT2D eigenvalue weighted by Crippen LogP contribution is 2.29. The van der Waals surface area contributed by atoms with Crippen LogP contribution in [0.2, 0.25) is 5.02 Å². The van der Waals surface area contributed by atoms with Crippen molar-refractivity contribution >= 4 is 64.7 Å². The van der Waals surface area contributed by atoms with E-state index >= 15 is 0 Å². The molecule has 0 aliphatic rings. The molecule has 0 fully saturated rings. The minimum absolute atomic E-state index is 0.0155. The van der Waals surface area contributed by atoms with Gasteiger partial charge in [-0.2, -0.15) is 0 Å². The predicted octanol–water partition coefficient (Wildman–Crippen LogP) is 4.78. The number of hydrogen-bond acceptors (Lipinski definition) is 8. The molecule has 0 atom stereocenters. The zero-order chi connectivity index (χ0) is 34.4. The molecule has 4 rings (SSSR count). The van der Waals surface area contributed by atoms with Crippen molar-refractivity contribution in [1.29, 1.82) is 0 Å². The Morgan fingerprint density at radius 1 is 0.617 bits per heavy atom. The Morgan fingerprint density at radius 2 is 1.11 bits per heavy atom. The Balaban J connectivity index is 1.69. The van der Waals surface area contributed by atoms with Crippen LogP contribution in [-0.2, 0) is 58.4 Å². The molecule has 0 amide bonds. The summed E-state index contributed by atoms with van der Waals surface area (Å²) in [5, 5.41) is 0.464. The van der Waals surface area contributed by atoms with Crippen LogP contribution in [0.15, 0.2) is 103 Å². The van der Waals surface area contributed by atoms with Crippen LogP contribution >= 0.6 is 11.6 Å². The zero-order valence-corrected chi connectivity index (χ0v) is 29.1. The van der Waals surface area contributed by atoms with Gasteiger partial charge in [-0.3, -0.25) is 17.7 Å². The maximum atomic E-state index is 13.9. The summed E-state index contributed by atoms with van der Waals surface area (Å²) < 4.78 is 86.0. The van der Waals surface area contributed by atoms with E-state index in [-0.39, 0.29) is 30.2 Å². The molecular formula is C32H34ClN3O8S3. The fraction of sp³-hybridized carbons (Fsp3) is 0.219. The Morgan fingerprint density at radius 3 is 1.64 bits per heavy atom. The van der Waals surface area contributed by atoms with Crippen molar-refractivity contribution in [2.24, 2.45) is 0 Å². The number of hydrogen-bond donors (Lipinski definition) is 0. The third-order valence-electron chi connectivity index (χ3n) is 7.02. The normalized spacial score (nSPS) is 11.9. The molecule has 250 valence electrons. The average molecular weight is 720 g/mol. The number of rotatable bonds is 14. The van der Waals surface area contributed by atoms with Gasteiger partial charge >= 0.3 is 5.97 Å². The van der Waals surface area contributed by atoms with Crippen LogP contribution in [0.1, 0.15) is 16.7 Å². The molecule has 0 saturated heterocycles. The van der Waals surface area contributed by atoms with Crippen LogP contribution in [0.5, 0.6) is 0 Å². The molecule has 11 nitrogen and oxygen atoms in total. The molecule has 47 heavy (non-hydrogen) atoms. The van der Waals surface area contributed by atoms with E-state index in [4.69, 9.17) is 11.6 Å². The maximum Gasteiger partial charge on any atom is 0.326 e. The topological polar surface area (TPSA) is 138 Å². The van der Waals surface area contributed by atoms with Gasteiger partial charge in [-0.15, -0.1) is 0 Å². The Bertz CT molecular complexity index is 2030. The first-order chi connectivity index (χ1) is 22.1. The van der Waals surface area contributed by atoms with Gasteiger partial charge in [-0.1, -0.05) is 66.2 Å². The van der Waals surface area contributed by atoms with E-state index < -0.39 is 42.6 Å². The van der Waals surface area contributed by atoms with Crippen LogP contribution in [0.4, 0.5) is 17.1 Å². The van der Waals surface area contributed by atoms with Crippen molar-refractivity contribution in [2.45, 2.75) is 18.8 Å². The molecule has 0 aromatic heterocycles. The van der Waals surface area contributed by atoms with E-state index in [0.717, 1.165) is 23.9 Å². The van der Waals surface area contributed by atoms with Crippen molar-refractivity contribution < 1.29 is 34.8 Å². The zero-order valence-electron chi connectivity index (χ0n) is 25.9. The van der Waals surface area contributed by atoms with Gasteiger partial charge in [0, 0.05) is 5.02 Å². The monoisotopic (exact) mass is 719 g/mol. The maximum absolute atomic E-state index is 13.9. The first-order valence-corrected chi connectivity index (χ1v) is 19.8. The summed E-state index contributed by atoms with van der Waals surface area (Å²) in [5.74, 6) is -1.05. The Hall–Kier alpha value is -4.11. The molecule has 0 N–H and O–H groups in total. The third kappa shape index (κ3) is 9.70. The smallest absolute Gasteiger partial charge is 0.326 e. The van der Waals surface area contributed by atoms with Gasteiger partial charge in [0.2, 0.25) is 30.1 Å². The number of ether oxygens (including phenoxy) is 1. The van der Waals surface area contributed by atoms with E-state index in [1.54, 1.807) is 66.7 Å². The number of halogens is 1. The van der Waals surface area contributed by atoms with Crippen molar-refractivity contribution in [2.75, 3.05) is 39.1 Å². The molecule has 0 heterocycles. The SMILES string of the molecule is COC(=O)CN(c1ccc(CN(c2ccc(N(Cc3cccc(Cl)c3)S(C)(=O)=O)cc2)S(=O)(=O)Cc2ccccc2)cc1)S(C)(=O)=O. The van der Waals surface area contributed by atoms with Gasteiger partial charge < -0.3 is 4.74 Å². The summed E-state index contributed by atoms with van der Waals surface area (Å²) >= 11 is 6.10. The highest BCUT2D eigenvalue weighted by Gasteiger charge is 2.26. The number of esters is 1. The minimum Gasteiger partial charge on any atom is -0.468 e. The van der Waals surface area contributed by atoms with Crippen molar-refractivity contribution in [3.05, 3.63) is 125 Å². The van der Waals surface area contributed by atoms with E-state index in [9.17, 15) is 30.0 Å². The molecule has 0 spiro atoms. The molecule has 4 aromatic carbocycles. The van der Waals surface area contributed by atoms with Crippen LogP contribution in [0.3, 0.4) is 0 Å². The van der Waals surface area contributed by atoms with Crippen molar-refractivity contribution in [3.63, 3.8) is 0 Å². The lowest BCUT2D eigenvalue weighted by molar-refractivity contribution is -0.138. The summed E-state index contributed by atoms with van der Waals surface area (Å²) in [6, 6.07) is 27.7. The van der Waals surface area contributed by atoms with E-state index in [1.807, 2.05) is 0 Å². The molecular weight excluding hydrogens is 686 g/mol. The molecule has 0 aliphatic heterocycles. The number of carbonyl (C=O) groups excluding carboxylic acids is 1. The van der Waals surface area contributed by atoms with Crippen LogP contribution in [0, 0.1) is 0 Å². The second-order valence-electron chi connectivity index (χ2n) is 10.7. The van der Waals surface area contributed by atoms with Gasteiger partial charge in [0.25, 0.3) is 0 Å². The summed E-state index contributed by atoms with van der Waals surface area (Å²) in [6.45, 7) is -0.634. The van der Waals surface area contributed by atoms with E-state index in [2.05, 4.69) is 4.74 Å². The van der Waals surface area contributed by atoms with Gasteiger partial charge in [0.1, 0.15) is 6.54 Å². The third-order valence-corrected chi connectivity index (χ3v) is 11.2. The first-order valence-electron chi connectivity index (χ1n) is 14.1. The second-order valence-corrected chi connectivity index (χ2v) is 16.8. The lowest BCUT2D eigenvalue weighted by Crippen LogP contribution is -2.35. The standard InChI is InChI=1S/C32H34ClN3O8S3/c1-44-32(37)23-35(46(3,40)41)29-14-12-25(13-15-29)21-36(47(42,43)24-26-8-5-4-6-9-26)31-18-16-30(17-19-31)34(45(2,38)39)22-27-10-7-11-28(33)20-27/h4-20H,21-24H2,1-3H3. The van der Waals surface area contributed by atoms with Crippen LogP contribution in [0.25, 0.3) is 0 Å². The number of anilines is 3. The van der Waals surface area contributed by atoms with Gasteiger partial charge in [-0.05, 0) is 65.2 Å². The van der Waals surface area contributed by atoms with Gasteiger partial charge in [-0.25, -0.2) is 25.3 Å². The molecule has 0 unspecified atom stereocenters. The highest BCUT2D eigenvalue weighted by atomic mass is 35.5. The van der Waals surface area contributed by atoms with Gasteiger partial charge in [0.15, 0.2) is 0 Å². The molecule has 0 radical (unpaired) electrons. The lowest BCUT2D eigenvalue weighted by Gasteiger charge is -2.27. The molecule has 0 saturated carbocycles. The highest BCUT2D eigenvalue weighted by molar-refractivity contribution is 7.92. The van der Waals surface area contributed by atoms with Crippen LogP contribution < -0.4 is 12.9 Å². The number of nitrogens with zero attached hydrogens (tertiary/aromatic N) is 3. The van der Waals surface area contributed by atoms with Crippen molar-refractivity contribution in [1.82, 2.24) is 0 Å². The summed E-state index contributed by atoms with van der Waals surface area (Å²) in [5.41, 5.74) is 2.58. The average Bonchev–Trinajstić information content (AvgIpc) is 3.01. The molecule has 15 heteroatoms. The Labute approximate surface area is 281 Å². The Kier molecular flexibility index (Phi) is 11.2. The first kappa shape index (κ1) is 35.7. The van der Waals surface area contributed by atoms with Gasteiger partial charge in [0.05, 0.1) is 55.5 Å². The number of methoxy groups -OCH3 is 1. The predicted molar refractivity (Wildman–Crippen MR) is 185 cm³/mol. The fourth-order valence-electron chi connectivity index (χ4n) is 4.71. The largest absolute Gasteiger partial charge is 0.468 e. The van der Waals surface area contributed by atoms with E-state index in [0.29, 0.717) is 27.4 Å².